The maximum absolute atomic E-state index is 11.3. The number of hydrogen-bond donors (Lipinski definition) is 1. The number of benzene rings is 1. The van der Waals surface area contributed by atoms with Crippen LogP contribution in [0.5, 0.6) is 6.01 Å². The molecule has 1 aromatic carbocycles. The molecule has 0 bridgehead atoms. The summed E-state index contributed by atoms with van der Waals surface area (Å²) in [5.41, 5.74) is 1.30. The maximum Gasteiger partial charge on any atom is 0.354 e. The van der Waals surface area contributed by atoms with Crippen LogP contribution in [0, 0.1) is 0 Å². The van der Waals surface area contributed by atoms with Crippen LogP contribution in [0.3, 0.4) is 0 Å². The van der Waals surface area contributed by atoms with Crippen LogP contribution in [0.1, 0.15) is 10.5 Å². The van der Waals surface area contributed by atoms with E-state index in [1.807, 2.05) is 30.3 Å². The highest BCUT2D eigenvalue weighted by atomic mass is 16.5. The molecule has 0 radical (unpaired) electrons. The van der Waals surface area contributed by atoms with Crippen molar-refractivity contribution in [3.63, 3.8) is 0 Å². The molecule has 7 heteroatoms. The Kier molecular flexibility index (Phi) is 2.79. The number of hydrogen-bond acceptors (Lipinski definition) is 5. The second-order valence-electron chi connectivity index (χ2n) is 4.01. The Morgan fingerprint density at radius 3 is 2.65 bits per heavy atom. The summed E-state index contributed by atoms with van der Waals surface area (Å²) in [7, 11) is 1.41. The fourth-order valence-electron chi connectivity index (χ4n) is 1.85. The van der Waals surface area contributed by atoms with E-state index in [0.717, 1.165) is 10.1 Å². The van der Waals surface area contributed by atoms with Crippen LogP contribution in [-0.4, -0.2) is 37.8 Å². The minimum Gasteiger partial charge on any atom is -0.477 e. The van der Waals surface area contributed by atoms with Gasteiger partial charge in [0.15, 0.2) is 5.69 Å². The molecular formula is C13H10N4O3. The van der Waals surface area contributed by atoms with Gasteiger partial charge in [-0.3, -0.25) is 0 Å². The zero-order chi connectivity index (χ0) is 14.1. The van der Waals surface area contributed by atoms with Crippen molar-refractivity contribution < 1.29 is 14.6 Å². The molecule has 3 rings (SSSR count). The zero-order valence-corrected chi connectivity index (χ0v) is 10.5. The average molecular weight is 270 g/mol. The van der Waals surface area contributed by atoms with Crippen LogP contribution < -0.4 is 4.74 Å². The summed E-state index contributed by atoms with van der Waals surface area (Å²) in [6.07, 6.45) is 0. The lowest BCUT2D eigenvalue weighted by Crippen LogP contribution is -2.08. The Hall–Kier alpha value is -2.96. The van der Waals surface area contributed by atoms with Crippen molar-refractivity contribution in [2.45, 2.75) is 0 Å². The number of aromatic carboxylic acids is 1. The molecular weight excluding hydrogens is 260 g/mol. The summed E-state index contributed by atoms with van der Waals surface area (Å²) in [5.74, 6) is -0.928. The van der Waals surface area contributed by atoms with Crippen molar-refractivity contribution in [3.8, 4) is 17.3 Å². The molecule has 0 atom stereocenters. The summed E-state index contributed by atoms with van der Waals surface area (Å²) >= 11 is 0. The molecule has 0 aliphatic heterocycles. The second-order valence-corrected chi connectivity index (χ2v) is 4.01. The lowest BCUT2D eigenvalue weighted by atomic mass is 10.1. The molecule has 0 unspecified atom stereocenters. The molecule has 2 heterocycles. The summed E-state index contributed by atoms with van der Waals surface area (Å²) in [6.45, 7) is 0. The van der Waals surface area contributed by atoms with Crippen molar-refractivity contribution in [2.75, 3.05) is 7.11 Å². The van der Waals surface area contributed by atoms with Crippen molar-refractivity contribution in [2.24, 2.45) is 0 Å². The minimum absolute atomic E-state index is 0.0235. The van der Waals surface area contributed by atoms with Crippen LogP contribution in [0.2, 0.25) is 0 Å². The third-order valence-electron chi connectivity index (χ3n) is 2.76. The number of methoxy groups -OCH3 is 1. The van der Waals surface area contributed by atoms with Crippen LogP contribution >= 0.6 is 0 Å². The fraction of sp³-hybridized carbons (Fsp3) is 0.0769. The second kappa shape index (κ2) is 4.61. The number of carboxylic acid groups (broad SMARTS) is 1. The van der Waals surface area contributed by atoms with E-state index >= 15 is 0 Å². The largest absolute Gasteiger partial charge is 0.477 e. The minimum atomic E-state index is -1.11. The van der Waals surface area contributed by atoms with Gasteiger partial charge in [0.2, 0.25) is 0 Å². The van der Waals surface area contributed by atoms with Crippen molar-refractivity contribution in [1.29, 1.82) is 0 Å². The van der Waals surface area contributed by atoms with Gasteiger partial charge in [-0.25, -0.2) is 9.78 Å². The number of rotatable bonds is 3. The SMILES string of the molecule is COc1nc2nc(-c3ccccc3)cc(C(=O)O)n2n1. The molecule has 1 N–H and O–H groups in total. The maximum atomic E-state index is 11.3. The average Bonchev–Trinajstić information content (AvgIpc) is 2.89. The first kappa shape index (κ1) is 12.1. The molecule has 20 heavy (non-hydrogen) atoms. The smallest absolute Gasteiger partial charge is 0.354 e. The highest BCUT2D eigenvalue weighted by Gasteiger charge is 2.16. The molecule has 0 spiro atoms. The lowest BCUT2D eigenvalue weighted by Gasteiger charge is -2.03. The number of ether oxygens (including phenoxy) is 1. The van der Waals surface area contributed by atoms with E-state index < -0.39 is 5.97 Å². The van der Waals surface area contributed by atoms with Gasteiger partial charge in [0.05, 0.1) is 12.8 Å². The van der Waals surface area contributed by atoms with Gasteiger partial charge in [-0.15, -0.1) is 5.10 Å². The first-order chi connectivity index (χ1) is 9.69. The van der Waals surface area contributed by atoms with Crippen molar-refractivity contribution in [3.05, 3.63) is 42.1 Å². The number of aromatic nitrogens is 4. The Bertz CT molecular complexity index is 783. The number of carbonyl (C=O) groups is 1. The van der Waals surface area contributed by atoms with E-state index in [1.54, 1.807) is 0 Å². The van der Waals surface area contributed by atoms with Crippen LogP contribution in [-0.2, 0) is 0 Å². The predicted octanol–water partition coefficient (Wildman–Crippen LogP) is 1.50. The molecule has 2 aromatic heterocycles. The van der Waals surface area contributed by atoms with E-state index in [1.165, 1.54) is 13.2 Å². The van der Waals surface area contributed by atoms with E-state index in [2.05, 4.69) is 15.1 Å². The highest BCUT2D eigenvalue weighted by molar-refractivity contribution is 5.87. The molecule has 3 aromatic rings. The monoisotopic (exact) mass is 270 g/mol. The molecule has 0 saturated heterocycles. The van der Waals surface area contributed by atoms with Gasteiger partial charge in [-0.05, 0) is 6.07 Å². The molecule has 0 saturated carbocycles. The summed E-state index contributed by atoms with van der Waals surface area (Å²) in [4.78, 5) is 19.7. The van der Waals surface area contributed by atoms with Gasteiger partial charge in [0, 0.05) is 5.56 Å². The third kappa shape index (κ3) is 1.95. The van der Waals surface area contributed by atoms with Gasteiger partial charge in [0.25, 0.3) is 5.78 Å². The summed E-state index contributed by atoms with van der Waals surface area (Å²) < 4.78 is 6.05. The Morgan fingerprint density at radius 2 is 2.00 bits per heavy atom. The third-order valence-corrected chi connectivity index (χ3v) is 2.76. The van der Waals surface area contributed by atoms with Crippen molar-refractivity contribution >= 4 is 11.7 Å². The number of carboxylic acids is 1. The van der Waals surface area contributed by atoms with Crippen LogP contribution in [0.15, 0.2) is 36.4 Å². The Morgan fingerprint density at radius 1 is 1.25 bits per heavy atom. The first-order valence-electron chi connectivity index (χ1n) is 5.79. The van der Waals surface area contributed by atoms with Gasteiger partial charge in [-0.2, -0.15) is 9.50 Å². The normalized spacial score (nSPS) is 10.7. The topological polar surface area (TPSA) is 89.6 Å². The van der Waals surface area contributed by atoms with Gasteiger partial charge in [-0.1, -0.05) is 30.3 Å². The summed E-state index contributed by atoms with van der Waals surface area (Å²) in [6, 6.07) is 10.8. The van der Waals surface area contributed by atoms with Crippen LogP contribution in [0.4, 0.5) is 0 Å². The molecule has 0 fully saturated rings. The molecule has 0 amide bonds. The van der Waals surface area contributed by atoms with E-state index in [9.17, 15) is 9.90 Å². The zero-order valence-electron chi connectivity index (χ0n) is 10.5. The van der Waals surface area contributed by atoms with Gasteiger partial charge < -0.3 is 9.84 Å². The Labute approximate surface area is 113 Å². The van der Waals surface area contributed by atoms with Crippen LogP contribution in [0.25, 0.3) is 17.0 Å². The van der Waals surface area contributed by atoms with E-state index in [4.69, 9.17) is 4.74 Å². The fourth-order valence-corrected chi connectivity index (χ4v) is 1.85. The number of fused-ring (bicyclic) bond motifs is 1. The first-order valence-corrected chi connectivity index (χ1v) is 5.79. The summed E-state index contributed by atoms with van der Waals surface area (Å²) in [5, 5.41) is 13.2. The molecule has 0 aliphatic rings. The standard InChI is InChI=1S/C13H10N4O3/c1-20-13-15-12-14-9(8-5-3-2-4-6-8)7-10(11(18)19)17(12)16-13/h2-7H,1H3,(H,18,19). The lowest BCUT2D eigenvalue weighted by molar-refractivity contribution is 0.0687. The predicted molar refractivity (Wildman–Crippen MR) is 69.7 cm³/mol. The highest BCUT2D eigenvalue weighted by Crippen LogP contribution is 2.19. The molecule has 100 valence electrons. The van der Waals surface area contributed by atoms with Gasteiger partial charge >= 0.3 is 12.0 Å². The Balaban J connectivity index is 2.27. The quantitative estimate of drug-likeness (QED) is 0.775. The number of nitrogens with zero attached hydrogens (tertiary/aromatic N) is 4. The van der Waals surface area contributed by atoms with E-state index in [0.29, 0.717) is 5.69 Å². The molecule has 7 nitrogen and oxygen atoms in total. The van der Waals surface area contributed by atoms with Gasteiger partial charge in [0.1, 0.15) is 0 Å². The molecule has 0 aliphatic carbocycles. The van der Waals surface area contributed by atoms with E-state index in [-0.39, 0.29) is 17.5 Å². The van der Waals surface area contributed by atoms with Crippen molar-refractivity contribution in [1.82, 2.24) is 19.6 Å².